The third kappa shape index (κ3) is 3.60. The minimum atomic E-state index is -0.758. The number of piperidine rings is 1. The molecule has 1 aromatic rings. The predicted molar refractivity (Wildman–Crippen MR) is 68.7 cm³/mol. The van der Waals surface area contributed by atoms with Crippen LogP contribution >= 0.6 is 0 Å². The van der Waals surface area contributed by atoms with Gasteiger partial charge in [0.15, 0.2) is 0 Å². The van der Waals surface area contributed by atoms with Crippen LogP contribution < -0.4 is 0 Å². The van der Waals surface area contributed by atoms with Gasteiger partial charge < -0.3 is 14.4 Å². The van der Waals surface area contributed by atoms with Crippen LogP contribution in [-0.2, 0) is 4.79 Å². The first-order valence-corrected chi connectivity index (χ1v) is 6.65. The summed E-state index contributed by atoms with van der Waals surface area (Å²) in [6.45, 7) is 4.84. The van der Waals surface area contributed by atoms with Crippen molar-refractivity contribution >= 4 is 5.97 Å². The van der Waals surface area contributed by atoms with Gasteiger partial charge in [-0.3, -0.25) is 4.79 Å². The Labute approximate surface area is 108 Å². The molecule has 4 heteroatoms. The van der Waals surface area contributed by atoms with Crippen LogP contribution in [0, 0.1) is 6.92 Å². The van der Waals surface area contributed by atoms with Crippen molar-refractivity contribution in [3.05, 3.63) is 23.7 Å². The Kier molecular flexibility index (Phi) is 4.42. The first kappa shape index (κ1) is 13.1. The number of rotatable bonds is 5. The summed E-state index contributed by atoms with van der Waals surface area (Å²) in [6.07, 6.45) is 3.87. The molecule has 100 valence electrons. The molecular weight excluding hydrogens is 230 g/mol. The van der Waals surface area contributed by atoms with Gasteiger partial charge in [0, 0.05) is 12.5 Å². The van der Waals surface area contributed by atoms with Gasteiger partial charge in [-0.15, -0.1) is 0 Å². The smallest absolute Gasteiger partial charge is 0.304 e. The van der Waals surface area contributed by atoms with Crippen molar-refractivity contribution in [3.8, 4) is 0 Å². The van der Waals surface area contributed by atoms with Gasteiger partial charge in [-0.25, -0.2) is 0 Å². The van der Waals surface area contributed by atoms with Gasteiger partial charge >= 0.3 is 5.97 Å². The number of aliphatic carboxylic acids is 1. The summed E-state index contributed by atoms with van der Waals surface area (Å²) >= 11 is 0. The second-order valence-electron chi connectivity index (χ2n) is 5.10. The third-order valence-corrected chi connectivity index (χ3v) is 3.51. The third-order valence-electron chi connectivity index (χ3n) is 3.51. The summed E-state index contributed by atoms with van der Waals surface area (Å²) in [4.78, 5) is 13.3. The van der Waals surface area contributed by atoms with Crippen molar-refractivity contribution in [1.82, 2.24) is 4.90 Å². The number of aryl methyl sites for hydroxylation is 1. The highest BCUT2D eigenvalue weighted by atomic mass is 16.4. The van der Waals surface area contributed by atoms with Gasteiger partial charge in [-0.1, -0.05) is 6.42 Å². The molecular formula is C14H21NO3. The van der Waals surface area contributed by atoms with Gasteiger partial charge in [-0.05, 0) is 45.0 Å². The molecule has 1 N–H and O–H groups in total. The van der Waals surface area contributed by atoms with E-state index in [-0.39, 0.29) is 12.3 Å². The summed E-state index contributed by atoms with van der Waals surface area (Å²) in [6, 6.07) is 3.81. The molecule has 1 aliphatic rings. The van der Waals surface area contributed by atoms with Crippen molar-refractivity contribution in [2.24, 2.45) is 0 Å². The fraction of sp³-hybridized carbons (Fsp3) is 0.643. The van der Waals surface area contributed by atoms with E-state index in [0.29, 0.717) is 0 Å². The van der Waals surface area contributed by atoms with Gasteiger partial charge in [0.25, 0.3) is 0 Å². The maximum atomic E-state index is 11.0. The van der Waals surface area contributed by atoms with E-state index >= 15 is 0 Å². The largest absolute Gasteiger partial charge is 0.481 e. The van der Waals surface area contributed by atoms with E-state index in [4.69, 9.17) is 9.52 Å². The number of likely N-dealkylation sites (tertiary alicyclic amines) is 1. The molecule has 1 aliphatic heterocycles. The molecule has 1 aromatic heterocycles. The molecule has 1 fully saturated rings. The number of carboxylic acid groups (broad SMARTS) is 1. The Balaban J connectivity index is 2.02. The number of hydrogen-bond acceptors (Lipinski definition) is 3. The van der Waals surface area contributed by atoms with E-state index in [1.54, 1.807) is 0 Å². The van der Waals surface area contributed by atoms with Gasteiger partial charge in [0.2, 0.25) is 0 Å². The van der Waals surface area contributed by atoms with Gasteiger partial charge in [0.05, 0.1) is 6.42 Å². The van der Waals surface area contributed by atoms with Crippen molar-refractivity contribution in [3.63, 3.8) is 0 Å². The van der Waals surface area contributed by atoms with Crippen molar-refractivity contribution in [2.45, 2.75) is 38.5 Å². The summed E-state index contributed by atoms with van der Waals surface area (Å²) in [5, 5.41) is 9.02. The van der Waals surface area contributed by atoms with E-state index in [1.165, 1.54) is 19.3 Å². The summed E-state index contributed by atoms with van der Waals surface area (Å²) < 4.78 is 5.60. The lowest BCUT2D eigenvalue weighted by molar-refractivity contribution is -0.137. The molecule has 0 aliphatic carbocycles. The fourth-order valence-electron chi connectivity index (χ4n) is 2.59. The summed E-state index contributed by atoms with van der Waals surface area (Å²) in [5.41, 5.74) is 0. The second-order valence-corrected chi connectivity index (χ2v) is 5.10. The number of nitrogens with zero attached hydrogens (tertiary/aromatic N) is 1. The lowest BCUT2D eigenvalue weighted by atomic mass is 10.00. The van der Waals surface area contributed by atoms with E-state index < -0.39 is 5.97 Å². The Morgan fingerprint density at radius 1 is 1.39 bits per heavy atom. The molecule has 0 aromatic carbocycles. The number of hydrogen-bond donors (Lipinski definition) is 1. The monoisotopic (exact) mass is 251 g/mol. The minimum Gasteiger partial charge on any atom is -0.481 e. The molecule has 0 saturated carbocycles. The van der Waals surface area contributed by atoms with E-state index in [2.05, 4.69) is 4.90 Å². The van der Waals surface area contributed by atoms with Crippen LogP contribution in [0.4, 0.5) is 0 Å². The highest BCUT2D eigenvalue weighted by molar-refractivity contribution is 5.67. The number of furan rings is 1. The van der Waals surface area contributed by atoms with Crippen LogP contribution in [-0.4, -0.2) is 35.6 Å². The lowest BCUT2D eigenvalue weighted by Crippen LogP contribution is -2.34. The standard InChI is InChI=1S/C14H21NO3/c1-11-5-6-13(18-11)12(9-14(16)17)10-15-7-3-2-4-8-15/h5-6,12H,2-4,7-10H2,1H3,(H,16,17). The van der Waals surface area contributed by atoms with Gasteiger partial charge in [-0.2, -0.15) is 0 Å². The van der Waals surface area contributed by atoms with Crippen molar-refractivity contribution < 1.29 is 14.3 Å². The van der Waals surface area contributed by atoms with Crippen LogP contribution in [0.25, 0.3) is 0 Å². The first-order chi connectivity index (χ1) is 8.65. The van der Waals surface area contributed by atoms with Crippen molar-refractivity contribution in [2.75, 3.05) is 19.6 Å². The SMILES string of the molecule is Cc1ccc(C(CC(=O)O)CN2CCCCC2)o1. The zero-order valence-corrected chi connectivity index (χ0v) is 10.9. The zero-order valence-electron chi connectivity index (χ0n) is 10.9. The predicted octanol–water partition coefficient (Wildman–Crippen LogP) is 2.63. The molecule has 0 bridgehead atoms. The lowest BCUT2D eigenvalue weighted by Gasteiger charge is -2.29. The number of carbonyl (C=O) groups is 1. The van der Waals surface area contributed by atoms with Crippen LogP contribution in [0.15, 0.2) is 16.5 Å². The molecule has 1 saturated heterocycles. The average Bonchev–Trinajstić information content (AvgIpc) is 2.76. The normalized spacial score (nSPS) is 18.7. The Morgan fingerprint density at radius 2 is 2.11 bits per heavy atom. The molecule has 0 amide bonds. The van der Waals surface area contributed by atoms with Crippen LogP contribution in [0.5, 0.6) is 0 Å². The summed E-state index contributed by atoms with van der Waals surface area (Å²) in [5.74, 6) is 0.861. The maximum Gasteiger partial charge on any atom is 0.304 e. The molecule has 0 spiro atoms. The van der Waals surface area contributed by atoms with Crippen molar-refractivity contribution in [1.29, 1.82) is 0 Å². The molecule has 18 heavy (non-hydrogen) atoms. The van der Waals surface area contributed by atoms with Crippen LogP contribution in [0.2, 0.25) is 0 Å². The number of carboxylic acids is 1. The van der Waals surface area contributed by atoms with E-state index in [0.717, 1.165) is 31.2 Å². The second kappa shape index (κ2) is 6.05. The highest BCUT2D eigenvalue weighted by Gasteiger charge is 2.22. The molecule has 4 nitrogen and oxygen atoms in total. The molecule has 2 heterocycles. The Hall–Kier alpha value is -1.29. The molecule has 1 unspecified atom stereocenters. The topological polar surface area (TPSA) is 53.7 Å². The molecule has 0 radical (unpaired) electrons. The minimum absolute atomic E-state index is 0.0331. The molecule has 1 atom stereocenters. The molecule has 2 rings (SSSR count). The maximum absolute atomic E-state index is 11.0. The van der Waals surface area contributed by atoms with Crippen LogP contribution in [0.3, 0.4) is 0 Å². The fourth-order valence-corrected chi connectivity index (χ4v) is 2.59. The van der Waals surface area contributed by atoms with Crippen LogP contribution in [0.1, 0.15) is 43.1 Å². The average molecular weight is 251 g/mol. The zero-order chi connectivity index (χ0) is 13.0. The highest BCUT2D eigenvalue weighted by Crippen LogP contribution is 2.24. The first-order valence-electron chi connectivity index (χ1n) is 6.65. The van der Waals surface area contributed by atoms with Gasteiger partial charge in [0.1, 0.15) is 11.5 Å². The van der Waals surface area contributed by atoms with E-state index in [1.807, 2.05) is 19.1 Å². The quantitative estimate of drug-likeness (QED) is 0.874. The Morgan fingerprint density at radius 3 is 2.67 bits per heavy atom. The Bertz CT molecular complexity index is 393. The summed E-state index contributed by atoms with van der Waals surface area (Å²) in [7, 11) is 0. The van der Waals surface area contributed by atoms with E-state index in [9.17, 15) is 4.79 Å².